The van der Waals surface area contributed by atoms with Crippen LogP contribution in [-0.2, 0) is 4.79 Å². The number of nitrogens with zero attached hydrogens (tertiary/aromatic N) is 1. The van der Waals surface area contributed by atoms with Crippen molar-refractivity contribution in [2.45, 2.75) is 38.5 Å². The second kappa shape index (κ2) is 3.19. The Morgan fingerprint density at radius 3 is 2.43 bits per heavy atom. The number of carbonyl (C=O) groups is 1. The number of hydrogen-bond acceptors (Lipinski definition) is 4. The van der Waals surface area contributed by atoms with Crippen molar-refractivity contribution in [2.24, 2.45) is 10.5 Å². The second-order valence-corrected chi connectivity index (χ2v) is 4.39. The molecule has 2 rings (SSSR count). The largest absolute Gasteiger partial charge is 0.510 e. The molecule has 4 nitrogen and oxygen atoms in total. The van der Waals surface area contributed by atoms with Crippen molar-refractivity contribution >= 4 is 5.78 Å². The van der Waals surface area contributed by atoms with Crippen molar-refractivity contribution in [3.8, 4) is 0 Å². The fourth-order valence-electron chi connectivity index (χ4n) is 2.69. The van der Waals surface area contributed by atoms with Gasteiger partial charge in [-0.3, -0.25) is 4.79 Å². The number of Topliss-reactive ketones (excluding diaryl/α,β-unsaturated/α-hetero) is 1. The first kappa shape index (κ1) is 9.37. The van der Waals surface area contributed by atoms with E-state index in [1.54, 1.807) is 0 Å². The lowest BCUT2D eigenvalue weighted by atomic mass is 9.73. The van der Waals surface area contributed by atoms with Gasteiger partial charge in [-0.1, -0.05) is 12.8 Å². The third-order valence-corrected chi connectivity index (χ3v) is 3.39. The standard InChI is InChI=1S/C10H14N2O2/c11-12-9-7(13)5-10(6-8(9)14)3-1-2-4-10/h11,13H,1-6H2. The summed E-state index contributed by atoms with van der Waals surface area (Å²) in [7, 11) is 0. The van der Waals surface area contributed by atoms with E-state index in [0.717, 1.165) is 25.7 Å². The Labute approximate surface area is 82.5 Å². The van der Waals surface area contributed by atoms with E-state index in [4.69, 9.17) is 5.53 Å². The van der Waals surface area contributed by atoms with Crippen LogP contribution in [-0.4, -0.2) is 10.9 Å². The van der Waals surface area contributed by atoms with Crippen molar-refractivity contribution < 1.29 is 9.90 Å². The van der Waals surface area contributed by atoms with E-state index in [9.17, 15) is 9.90 Å². The number of allylic oxidation sites excluding steroid dienone is 2. The van der Waals surface area contributed by atoms with E-state index < -0.39 is 0 Å². The molecule has 0 aromatic carbocycles. The van der Waals surface area contributed by atoms with Crippen LogP contribution >= 0.6 is 0 Å². The minimum atomic E-state index is -0.161. The maximum Gasteiger partial charge on any atom is 0.187 e. The Bertz CT molecular complexity index is 314. The SMILES string of the molecule is N=NC1=C(O)CC2(CCCC2)CC1=O. The van der Waals surface area contributed by atoms with Crippen LogP contribution in [0.25, 0.3) is 0 Å². The van der Waals surface area contributed by atoms with Crippen LogP contribution in [0.15, 0.2) is 16.6 Å². The summed E-state index contributed by atoms with van der Waals surface area (Å²) in [6.45, 7) is 0. The zero-order valence-electron chi connectivity index (χ0n) is 8.05. The maximum atomic E-state index is 11.6. The molecule has 2 N–H and O–H groups in total. The van der Waals surface area contributed by atoms with E-state index in [0.29, 0.717) is 12.8 Å². The minimum Gasteiger partial charge on any atom is -0.510 e. The molecule has 14 heavy (non-hydrogen) atoms. The van der Waals surface area contributed by atoms with Gasteiger partial charge in [0, 0.05) is 12.8 Å². The maximum absolute atomic E-state index is 11.6. The summed E-state index contributed by atoms with van der Waals surface area (Å²) in [5.74, 6) is -0.135. The molecule has 0 bridgehead atoms. The molecular weight excluding hydrogens is 180 g/mol. The predicted molar refractivity (Wildman–Crippen MR) is 49.9 cm³/mol. The molecule has 1 fully saturated rings. The summed E-state index contributed by atoms with van der Waals surface area (Å²) in [6, 6.07) is 0. The third kappa shape index (κ3) is 1.35. The van der Waals surface area contributed by atoms with Crippen molar-refractivity contribution in [1.82, 2.24) is 0 Å². The monoisotopic (exact) mass is 194 g/mol. The van der Waals surface area contributed by atoms with Crippen molar-refractivity contribution in [1.29, 1.82) is 5.53 Å². The molecule has 1 spiro atoms. The number of nitrogens with one attached hydrogen (secondary N) is 1. The highest BCUT2D eigenvalue weighted by atomic mass is 16.3. The Balaban J connectivity index is 2.29. The lowest BCUT2D eigenvalue weighted by molar-refractivity contribution is -0.119. The summed E-state index contributed by atoms with van der Waals surface area (Å²) in [5.41, 5.74) is 6.77. The Morgan fingerprint density at radius 2 is 1.93 bits per heavy atom. The second-order valence-electron chi connectivity index (χ2n) is 4.39. The molecule has 1 saturated carbocycles. The van der Waals surface area contributed by atoms with Crippen LogP contribution in [0, 0.1) is 10.9 Å². The lowest BCUT2D eigenvalue weighted by Gasteiger charge is -2.31. The highest BCUT2D eigenvalue weighted by molar-refractivity contribution is 5.96. The molecule has 0 aromatic rings. The molecule has 0 aromatic heterocycles. The molecule has 2 aliphatic rings. The van der Waals surface area contributed by atoms with E-state index in [-0.39, 0.29) is 22.7 Å². The number of ketones is 1. The Morgan fingerprint density at radius 1 is 1.29 bits per heavy atom. The first-order valence-electron chi connectivity index (χ1n) is 5.00. The molecule has 76 valence electrons. The molecule has 0 saturated heterocycles. The molecule has 0 atom stereocenters. The number of carbonyl (C=O) groups excluding carboxylic acids is 1. The van der Waals surface area contributed by atoms with Crippen LogP contribution in [0.5, 0.6) is 0 Å². The summed E-state index contributed by atoms with van der Waals surface area (Å²) < 4.78 is 0. The molecular formula is C10H14N2O2. The van der Waals surface area contributed by atoms with E-state index in [1.165, 1.54) is 0 Å². The van der Waals surface area contributed by atoms with Gasteiger partial charge in [0.25, 0.3) is 0 Å². The molecule has 4 heteroatoms. The molecule has 0 heterocycles. The van der Waals surface area contributed by atoms with E-state index >= 15 is 0 Å². The van der Waals surface area contributed by atoms with Gasteiger partial charge in [-0.05, 0) is 18.3 Å². The number of rotatable bonds is 1. The number of hydrogen-bond donors (Lipinski definition) is 2. The zero-order chi connectivity index (χ0) is 10.2. The van der Waals surface area contributed by atoms with Crippen LogP contribution in [0.3, 0.4) is 0 Å². The van der Waals surface area contributed by atoms with Gasteiger partial charge in [-0.15, -0.1) is 0 Å². The number of aliphatic hydroxyl groups is 1. The van der Waals surface area contributed by atoms with Crippen LogP contribution in [0.4, 0.5) is 0 Å². The van der Waals surface area contributed by atoms with Crippen molar-refractivity contribution in [3.63, 3.8) is 0 Å². The fourth-order valence-corrected chi connectivity index (χ4v) is 2.69. The average molecular weight is 194 g/mol. The van der Waals surface area contributed by atoms with E-state index in [1.807, 2.05) is 0 Å². The van der Waals surface area contributed by atoms with Crippen LogP contribution in [0.2, 0.25) is 0 Å². The highest BCUT2D eigenvalue weighted by Gasteiger charge is 2.42. The normalized spacial score (nSPS) is 25.9. The Kier molecular flexibility index (Phi) is 2.13. The van der Waals surface area contributed by atoms with Gasteiger partial charge in [-0.25, -0.2) is 5.53 Å². The van der Waals surface area contributed by atoms with Crippen molar-refractivity contribution in [2.75, 3.05) is 0 Å². The molecule has 0 amide bonds. The lowest BCUT2D eigenvalue weighted by Crippen LogP contribution is -2.28. The summed E-state index contributed by atoms with van der Waals surface area (Å²) in [5, 5.41) is 12.7. The van der Waals surface area contributed by atoms with Gasteiger partial charge < -0.3 is 5.11 Å². The summed E-state index contributed by atoms with van der Waals surface area (Å²) in [6.07, 6.45) is 5.34. The zero-order valence-corrected chi connectivity index (χ0v) is 8.05. The van der Waals surface area contributed by atoms with Gasteiger partial charge >= 0.3 is 0 Å². The topological polar surface area (TPSA) is 73.5 Å². The van der Waals surface area contributed by atoms with Crippen LogP contribution < -0.4 is 0 Å². The molecule has 2 aliphatic carbocycles. The smallest absolute Gasteiger partial charge is 0.187 e. The van der Waals surface area contributed by atoms with Gasteiger partial charge in [0.2, 0.25) is 0 Å². The highest BCUT2D eigenvalue weighted by Crippen LogP contribution is 2.48. The van der Waals surface area contributed by atoms with Gasteiger partial charge in [0.15, 0.2) is 11.5 Å². The molecule has 0 radical (unpaired) electrons. The van der Waals surface area contributed by atoms with Crippen LogP contribution in [0.1, 0.15) is 38.5 Å². The fraction of sp³-hybridized carbons (Fsp3) is 0.700. The first-order chi connectivity index (χ1) is 6.67. The quantitative estimate of drug-likeness (QED) is 0.630. The predicted octanol–water partition coefficient (Wildman–Crippen LogP) is 2.71. The van der Waals surface area contributed by atoms with Crippen molar-refractivity contribution in [3.05, 3.63) is 11.5 Å². The third-order valence-electron chi connectivity index (χ3n) is 3.39. The minimum absolute atomic E-state index is 0.00461. The number of aliphatic hydroxyl groups excluding tert-OH is 1. The van der Waals surface area contributed by atoms with E-state index in [2.05, 4.69) is 5.11 Å². The van der Waals surface area contributed by atoms with Gasteiger partial charge in [-0.2, -0.15) is 5.11 Å². The Hall–Kier alpha value is -1.19. The summed E-state index contributed by atoms with van der Waals surface area (Å²) in [4.78, 5) is 11.6. The van der Waals surface area contributed by atoms with Gasteiger partial charge in [0.05, 0.1) is 0 Å². The molecule has 0 unspecified atom stereocenters. The first-order valence-corrected chi connectivity index (χ1v) is 5.00. The summed E-state index contributed by atoms with van der Waals surface area (Å²) >= 11 is 0. The average Bonchev–Trinajstić information content (AvgIpc) is 2.52. The molecule has 0 aliphatic heterocycles. The van der Waals surface area contributed by atoms with Gasteiger partial charge in [0.1, 0.15) is 5.76 Å².